The SMILES string of the molecule is Cc1cc(F)cc(NC(C(N)=O)c2cc(Br)ccc2Cl)c1. The molecule has 2 aromatic rings. The van der Waals surface area contributed by atoms with Gasteiger partial charge in [-0.1, -0.05) is 27.5 Å². The maximum Gasteiger partial charge on any atom is 0.244 e. The van der Waals surface area contributed by atoms with Crippen LogP contribution in [-0.4, -0.2) is 5.91 Å². The van der Waals surface area contributed by atoms with E-state index in [-0.39, 0.29) is 5.82 Å². The Morgan fingerprint density at radius 3 is 2.67 bits per heavy atom. The Hall–Kier alpha value is -1.59. The normalized spacial score (nSPS) is 12.0. The number of anilines is 1. The predicted molar refractivity (Wildman–Crippen MR) is 85.8 cm³/mol. The lowest BCUT2D eigenvalue weighted by molar-refractivity contribution is -0.118. The van der Waals surface area contributed by atoms with Crippen LogP contribution in [0.3, 0.4) is 0 Å². The summed E-state index contributed by atoms with van der Waals surface area (Å²) in [4.78, 5) is 11.7. The Kier molecular flexibility index (Phi) is 4.85. The molecule has 110 valence electrons. The van der Waals surface area contributed by atoms with E-state index in [0.29, 0.717) is 16.3 Å². The molecule has 0 aliphatic rings. The van der Waals surface area contributed by atoms with E-state index in [2.05, 4.69) is 21.2 Å². The maximum absolute atomic E-state index is 13.4. The zero-order chi connectivity index (χ0) is 15.6. The molecule has 0 heterocycles. The summed E-state index contributed by atoms with van der Waals surface area (Å²) in [5.74, 6) is -0.988. The van der Waals surface area contributed by atoms with Gasteiger partial charge in [0, 0.05) is 20.7 Å². The van der Waals surface area contributed by atoms with Gasteiger partial charge in [0.15, 0.2) is 0 Å². The first-order chi connectivity index (χ1) is 9.86. The molecule has 3 nitrogen and oxygen atoms in total. The summed E-state index contributed by atoms with van der Waals surface area (Å²) in [6.07, 6.45) is 0. The summed E-state index contributed by atoms with van der Waals surface area (Å²) in [7, 11) is 0. The van der Waals surface area contributed by atoms with E-state index in [9.17, 15) is 9.18 Å². The third-order valence-electron chi connectivity index (χ3n) is 2.91. The van der Waals surface area contributed by atoms with Crippen LogP contribution in [-0.2, 0) is 4.79 Å². The van der Waals surface area contributed by atoms with E-state index in [1.165, 1.54) is 12.1 Å². The van der Waals surface area contributed by atoms with Gasteiger partial charge in [-0.05, 0) is 48.9 Å². The highest BCUT2D eigenvalue weighted by Gasteiger charge is 2.21. The first-order valence-electron chi connectivity index (χ1n) is 6.15. The zero-order valence-corrected chi connectivity index (χ0v) is 13.5. The molecule has 0 fully saturated rings. The van der Waals surface area contributed by atoms with Gasteiger partial charge in [-0.25, -0.2) is 4.39 Å². The van der Waals surface area contributed by atoms with Crippen molar-refractivity contribution >= 4 is 39.1 Å². The lowest BCUT2D eigenvalue weighted by Crippen LogP contribution is -2.28. The molecule has 6 heteroatoms. The molecule has 0 radical (unpaired) electrons. The number of benzene rings is 2. The van der Waals surface area contributed by atoms with Crippen LogP contribution in [0.25, 0.3) is 0 Å². The molecule has 0 aromatic heterocycles. The summed E-state index contributed by atoms with van der Waals surface area (Å²) < 4.78 is 14.2. The molecule has 3 N–H and O–H groups in total. The number of aryl methyl sites for hydroxylation is 1. The molecule has 1 unspecified atom stereocenters. The summed E-state index contributed by atoms with van der Waals surface area (Å²) in [6.45, 7) is 1.76. The first kappa shape index (κ1) is 15.8. The minimum absolute atomic E-state index is 0.388. The van der Waals surface area contributed by atoms with Crippen molar-refractivity contribution < 1.29 is 9.18 Å². The van der Waals surface area contributed by atoms with E-state index in [0.717, 1.165) is 10.0 Å². The number of carbonyl (C=O) groups excluding carboxylic acids is 1. The molecule has 1 amide bonds. The van der Waals surface area contributed by atoms with Crippen LogP contribution in [0.4, 0.5) is 10.1 Å². The number of rotatable bonds is 4. The lowest BCUT2D eigenvalue weighted by atomic mass is 10.1. The van der Waals surface area contributed by atoms with Crippen molar-refractivity contribution in [3.8, 4) is 0 Å². The average molecular weight is 372 g/mol. The Balaban J connectivity index is 2.40. The van der Waals surface area contributed by atoms with Crippen molar-refractivity contribution in [3.05, 3.63) is 62.8 Å². The summed E-state index contributed by atoms with van der Waals surface area (Å²) in [6, 6.07) is 8.70. The maximum atomic E-state index is 13.4. The Morgan fingerprint density at radius 1 is 1.33 bits per heavy atom. The number of halogens is 3. The minimum atomic E-state index is -0.851. The quantitative estimate of drug-likeness (QED) is 0.847. The smallest absolute Gasteiger partial charge is 0.244 e. The molecule has 2 aromatic carbocycles. The van der Waals surface area contributed by atoms with Gasteiger partial charge in [0.1, 0.15) is 11.9 Å². The largest absolute Gasteiger partial charge is 0.370 e. The summed E-state index contributed by atoms with van der Waals surface area (Å²) in [5, 5.41) is 3.33. The minimum Gasteiger partial charge on any atom is -0.370 e. The zero-order valence-electron chi connectivity index (χ0n) is 11.2. The lowest BCUT2D eigenvalue weighted by Gasteiger charge is -2.19. The van der Waals surface area contributed by atoms with Crippen molar-refractivity contribution in [1.29, 1.82) is 0 Å². The molecule has 0 bridgehead atoms. The van der Waals surface area contributed by atoms with Crippen molar-refractivity contribution in [3.63, 3.8) is 0 Å². The molecule has 2 rings (SSSR count). The highest BCUT2D eigenvalue weighted by atomic mass is 79.9. The van der Waals surface area contributed by atoms with Gasteiger partial charge in [0.2, 0.25) is 5.91 Å². The Bertz CT molecular complexity index is 673. The number of hydrogen-bond acceptors (Lipinski definition) is 2. The van der Waals surface area contributed by atoms with Gasteiger partial charge >= 0.3 is 0 Å². The molecule has 0 saturated heterocycles. The second kappa shape index (κ2) is 6.45. The fourth-order valence-corrected chi connectivity index (χ4v) is 2.63. The van der Waals surface area contributed by atoms with Crippen LogP contribution in [0, 0.1) is 12.7 Å². The predicted octanol–water partition coefficient (Wildman–Crippen LogP) is 4.19. The average Bonchev–Trinajstić information content (AvgIpc) is 2.37. The number of amides is 1. The van der Waals surface area contributed by atoms with Crippen LogP contribution in [0.5, 0.6) is 0 Å². The molecule has 0 aliphatic carbocycles. The van der Waals surface area contributed by atoms with E-state index in [1.54, 1.807) is 31.2 Å². The van der Waals surface area contributed by atoms with Crippen LogP contribution in [0.1, 0.15) is 17.2 Å². The fourth-order valence-electron chi connectivity index (χ4n) is 2.02. The second-order valence-electron chi connectivity index (χ2n) is 4.66. The van der Waals surface area contributed by atoms with E-state index in [1.807, 2.05) is 0 Å². The van der Waals surface area contributed by atoms with E-state index >= 15 is 0 Å². The molecule has 0 spiro atoms. The van der Waals surface area contributed by atoms with Gasteiger partial charge in [-0.3, -0.25) is 4.79 Å². The number of nitrogens with two attached hydrogens (primary N) is 1. The number of primary amides is 1. The van der Waals surface area contributed by atoms with Gasteiger partial charge in [-0.2, -0.15) is 0 Å². The summed E-state index contributed by atoms with van der Waals surface area (Å²) >= 11 is 9.44. The molecular formula is C15H13BrClFN2O. The Morgan fingerprint density at radius 2 is 2.05 bits per heavy atom. The molecule has 0 aliphatic heterocycles. The third-order valence-corrected chi connectivity index (χ3v) is 3.74. The summed E-state index contributed by atoms with van der Waals surface area (Å²) in [5.41, 5.74) is 7.17. The van der Waals surface area contributed by atoms with Crippen molar-refractivity contribution in [2.75, 3.05) is 5.32 Å². The third kappa shape index (κ3) is 3.95. The van der Waals surface area contributed by atoms with Crippen molar-refractivity contribution in [1.82, 2.24) is 0 Å². The van der Waals surface area contributed by atoms with Gasteiger partial charge in [0.05, 0.1) is 0 Å². The van der Waals surface area contributed by atoms with E-state index in [4.69, 9.17) is 17.3 Å². The Labute approximate surface area is 135 Å². The van der Waals surface area contributed by atoms with Gasteiger partial charge in [0.25, 0.3) is 0 Å². The van der Waals surface area contributed by atoms with Crippen molar-refractivity contribution in [2.45, 2.75) is 13.0 Å². The van der Waals surface area contributed by atoms with Crippen molar-refractivity contribution in [2.24, 2.45) is 5.73 Å². The number of carbonyl (C=O) groups is 1. The molecule has 0 saturated carbocycles. The van der Waals surface area contributed by atoms with Crippen LogP contribution in [0.2, 0.25) is 5.02 Å². The number of nitrogens with one attached hydrogen (secondary N) is 1. The first-order valence-corrected chi connectivity index (χ1v) is 7.32. The van der Waals surface area contributed by atoms with Crippen LogP contribution < -0.4 is 11.1 Å². The monoisotopic (exact) mass is 370 g/mol. The van der Waals surface area contributed by atoms with Crippen LogP contribution in [0.15, 0.2) is 40.9 Å². The van der Waals surface area contributed by atoms with Gasteiger partial charge < -0.3 is 11.1 Å². The van der Waals surface area contributed by atoms with Gasteiger partial charge in [-0.15, -0.1) is 0 Å². The van der Waals surface area contributed by atoms with E-state index < -0.39 is 11.9 Å². The number of hydrogen-bond donors (Lipinski definition) is 2. The highest BCUT2D eigenvalue weighted by Crippen LogP contribution is 2.29. The molecule has 1 atom stereocenters. The molecular weight excluding hydrogens is 359 g/mol. The topological polar surface area (TPSA) is 55.1 Å². The second-order valence-corrected chi connectivity index (χ2v) is 5.99. The standard InChI is InChI=1S/C15H13BrClFN2O/c1-8-4-10(18)7-11(5-8)20-14(15(19)21)12-6-9(16)2-3-13(12)17/h2-7,14,20H,1H3,(H2,19,21). The fraction of sp³-hybridized carbons (Fsp3) is 0.133. The van der Waals surface area contributed by atoms with Crippen LogP contribution >= 0.6 is 27.5 Å². The molecule has 21 heavy (non-hydrogen) atoms. The highest BCUT2D eigenvalue weighted by molar-refractivity contribution is 9.10.